The summed E-state index contributed by atoms with van der Waals surface area (Å²) in [4.78, 5) is 30.1. The number of hydrogen-bond donors (Lipinski definition) is 0. The zero-order valence-electron chi connectivity index (χ0n) is 17.6. The number of thiocarbonyl (C=S) groups is 1. The molecule has 0 radical (unpaired) electrons. The highest BCUT2D eigenvalue weighted by Gasteiger charge is 2.32. The van der Waals surface area contributed by atoms with Crippen molar-refractivity contribution in [2.24, 2.45) is 0 Å². The van der Waals surface area contributed by atoms with E-state index in [0.717, 1.165) is 23.4 Å². The first-order valence-corrected chi connectivity index (χ1v) is 12.3. The van der Waals surface area contributed by atoms with Gasteiger partial charge in [-0.25, -0.2) is 0 Å². The lowest BCUT2D eigenvalue weighted by Crippen LogP contribution is -2.33. The highest BCUT2D eigenvalue weighted by atomic mass is 32.2. The van der Waals surface area contributed by atoms with E-state index in [1.807, 2.05) is 38.1 Å². The zero-order valence-corrected chi connectivity index (χ0v) is 20.1. The van der Waals surface area contributed by atoms with Crippen LogP contribution in [-0.4, -0.2) is 32.8 Å². The minimum Gasteiger partial charge on any atom is -0.348 e. The topological polar surface area (TPSA) is 45.6 Å². The summed E-state index contributed by atoms with van der Waals surface area (Å²) in [5.41, 5.74) is 3.26. The molecule has 1 fully saturated rings. The third-order valence-electron chi connectivity index (χ3n) is 5.30. The van der Waals surface area contributed by atoms with E-state index in [1.165, 1.54) is 23.1 Å². The molecular formula is C23H23N3O2S3. The molecule has 160 valence electrons. The number of hydrogen-bond acceptors (Lipinski definition) is 6. The first-order chi connectivity index (χ1) is 15.0. The number of carbonyl (C=O) groups is 1. The van der Waals surface area contributed by atoms with E-state index in [4.69, 9.17) is 12.2 Å². The van der Waals surface area contributed by atoms with E-state index in [0.29, 0.717) is 31.5 Å². The molecule has 2 aliphatic heterocycles. The Morgan fingerprint density at radius 1 is 1.03 bits per heavy atom. The standard InChI is InChI=1S/C23H23N3O2S3/c1-4-24-14-13-15(16-9-7-8-10-17(16)24)11-12-18-20(27)25(5-2)22(30-18)19-21(28)26(6-3)23(29)31-19/h7-14H,4-6H2,1-3H3. The second-order valence-electron chi connectivity index (χ2n) is 6.97. The summed E-state index contributed by atoms with van der Waals surface area (Å²) in [5, 5.41) is 0. The second-order valence-corrected chi connectivity index (χ2v) is 9.65. The van der Waals surface area contributed by atoms with Crippen molar-refractivity contribution in [2.45, 2.75) is 27.3 Å². The molecule has 8 heteroatoms. The van der Waals surface area contributed by atoms with Crippen molar-refractivity contribution in [3.05, 3.63) is 67.7 Å². The summed E-state index contributed by atoms with van der Waals surface area (Å²) in [6.07, 6.45) is 7.98. The minimum atomic E-state index is -0.116. The van der Waals surface area contributed by atoms with Crippen molar-refractivity contribution in [3.8, 4) is 0 Å². The van der Waals surface area contributed by atoms with Crippen LogP contribution in [0.5, 0.6) is 0 Å². The van der Waals surface area contributed by atoms with Gasteiger partial charge < -0.3 is 4.90 Å². The summed E-state index contributed by atoms with van der Waals surface area (Å²) in [6, 6.07) is 8.25. The number of anilines is 1. The number of allylic oxidation sites excluding steroid dienone is 3. The summed E-state index contributed by atoms with van der Waals surface area (Å²) < 4.78 is 3.50. The Morgan fingerprint density at radius 2 is 1.81 bits per heavy atom. The van der Waals surface area contributed by atoms with E-state index >= 15 is 0 Å². The normalized spacial score (nSPS) is 19.7. The van der Waals surface area contributed by atoms with E-state index in [-0.39, 0.29) is 11.5 Å². The van der Waals surface area contributed by atoms with Gasteiger partial charge in [0.2, 0.25) is 0 Å². The molecule has 31 heavy (non-hydrogen) atoms. The summed E-state index contributed by atoms with van der Waals surface area (Å²) in [7, 11) is 0. The molecule has 0 atom stereocenters. The van der Waals surface area contributed by atoms with Gasteiger partial charge in [-0.05, 0) is 44.6 Å². The molecular weight excluding hydrogens is 446 g/mol. The Hall–Kier alpha value is -2.42. The van der Waals surface area contributed by atoms with Gasteiger partial charge in [-0.1, -0.05) is 48.3 Å². The number of para-hydroxylation sites is 1. The van der Waals surface area contributed by atoms with Crippen LogP contribution < -0.4 is 19.7 Å². The Morgan fingerprint density at radius 3 is 2.48 bits per heavy atom. The van der Waals surface area contributed by atoms with Crippen molar-refractivity contribution in [1.29, 1.82) is 0 Å². The minimum absolute atomic E-state index is 0.0793. The van der Waals surface area contributed by atoms with Crippen molar-refractivity contribution >= 4 is 67.8 Å². The number of thioether (sulfide) groups is 1. The molecule has 0 aliphatic carbocycles. The van der Waals surface area contributed by atoms with E-state index < -0.39 is 0 Å². The largest absolute Gasteiger partial charge is 0.348 e. The number of benzene rings is 1. The molecule has 2 aromatic rings. The lowest BCUT2D eigenvalue weighted by Gasteiger charge is -2.26. The maximum absolute atomic E-state index is 13.0. The summed E-state index contributed by atoms with van der Waals surface area (Å²) >= 11 is 7.97. The predicted molar refractivity (Wildman–Crippen MR) is 136 cm³/mol. The fraction of sp³-hybridized carbons (Fsp3) is 0.261. The summed E-state index contributed by atoms with van der Waals surface area (Å²) in [5.74, 6) is -0.116. The molecule has 0 bridgehead atoms. The van der Waals surface area contributed by atoms with Crippen LogP contribution in [-0.2, 0) is 11.3 Å². The van der Waals surface area contributed by atoms with Gasteiger partial charge in [0, 0.05) is 37.1 Å². The van der Waals surface area contributed by atoms with Crippen molar-refractivity contribution in [3.63, 3.8) is 0 Å². The first kappa shape index (κ1) is 21.8. The molecule has 2 aliphatic rings. The van der Waals surface area contributed by atoms with Crippen LogP contribution in [0.4, 0.5) is 5.69 Å². The molecule has 1 saturated heterocycles. The molecule has 0 N–H and O–H groups in total. The second kappa shape index (κ2) is 8.98. The van der Waals surface area contributed by atoms with Crippen LogP contribution in [0.1, 0.15) is 26.3 Å². The SMILES string of the molecule is CCN1C(=O)C(=c2sc(=CC=C3C=CN(CC)c4ccccc43)c(=O)n2CC)SC1=S. The molecule has 0 unspecified atom stereocenters. The Kier molecular flexibility index (Phi) is 6.31. The van der Waals surface area contributed by atoms with Crippen LogP contribution in [0.2, 0.25) is 0 Å². The average Bonchev–Trinajstić information content (AvgIpc) is 3.26. The number of thiazole rings is 1. The Balaban J connectivity index is 1.85. The van der Waals surface area contributed by atoms with Crippen LogP contribution in [0.25, 0.3) is 16.6 Å². The number of fused-ring (bicyclic) bond motifs is 1. The maximum atomic E-state index is 13.0. The molecule has 1 aromatic heterocycles. The average molecular weight is 470 g/mol. The molecule has 4 rings (SSSR count). The Bertz CT molecular complexity index is 1300. The molecule has 1 amide bonds. The smallest absolute Gasteiger partial charge is 0.269 e. The fourth-order valence-electron chi connectivity index (χ4n) is 3.68. The number of carbonyl (C=O) groups excluding carboxylic acids is 1. The third kappa shape index (κ3) is 3.84. The number of rotatable bonds is 4. The number of amides is 1. The van der Waals surface area contributed by atoms with Gasteiger partial charge in [0.15, 0.2) is 0 Å². The predicted octanol–water partition coefficient (Wildman–Crippen LogP) is 3.14. The van der Waals surface area contributed by atoms with Crippen LogP contribution in [0, 0.1) is 0 Å². The lowest BCUT2D eigenvalue weighted by atomic mass is 9.99. The fourth-order valence-corrected chi connectivity index (χ4v) is 6.33. The van der Waals surface area contributed by atoms with Crippen molar-refractivity contribution in [1.82, 2.24) is 9.47 Å². The van der Waals surface area contributed by atoms with Crippen molar-refractivity contribution in [2.75, 3.05) is 18.0 Å². The van der Waals surface area contributed by atoms with Gasteiger partial charge in [0.05, 0.1) is 4.53 Å². The van der Waals surface area contributed by atoms with E-state index in [1.54, 1.807) is 9.47 Å². The van der Waals surface area contributed by atoms with Crippen LogP contribution >= 0.6 is 35.3 Å². The number of aromatic nitrogens is 1. The van der Waals surface area contributed by atoms with Gasteiger partial charge in [-0.15, -0.1) is 11.3 Å². The van der Waals surface area contributed by atoms with Crippen LogP contribution in [0.3, 0.4) is 0 Å². The quantitative estimate of drug-likeness (QED) is 0.644. The molecule has 0 spiro atoms. The van der Waals surface area contributed by atoms with Gasteiger partial charge in [-0.2, -0.15) is 0 Å². The third-order valence-corrected chi connectivity index (χ3v) is 8.01. The van der Waals surface area contributed by atoms with E-state index in [9.17, 15) is 9.59 Å². The first-order valence-electron chi connectivity index (χ1n) is 10.2. The highest BCUT2D eigenvalue weighted by Crippen LogP contribution is 2.32. The molecule has 5 nitrogen and oxygen atoms in total. The number of nitrogens with zero attached hydrogens (tertiary/aromatic N) is 3. The summed E-state index contributed by atoms with van der Waals surface area (Å²) in [6.45, 7) is 7.85. The lowest BCUT2D eigenvalue weighted by molar-refractivity contribution is -0.120. The maximum Gasteiger partial charge on any atom is 0.269 e. The monoisotopic (exact) mass is 469 g/mol. The highest BCUT2D eigenvalue weighted by molar-refractivity contribution is 8.30. The Labute approximate surface area is 194 Å². The van der Waals surface area contributed by atoms with Crippen molar-refractivity contribution < 1.29 is 4.79 Å². The molecule has 0 saturated carbocycles. The van der Waals surface area contributed by atoms with Crippen LogP contribution in [0.15, 0.2) is 47.4 Å². The van der Waals surface area contributed by atoms with Gasteiger partial charge >= 0.3 is 0 Å². The molecule has 1 aromatic carbocycles. The van der Waals surface area contributed by atoms with E-state index in [2.05, 4.69) is 36.2 Å². The molecule has 3 heterocycles. The zero-order chi connectivity index (χ0) is 22.1. The van der Waals surface area contributed by atoms with Gasteiger partial charge in [0.1, 0.15) is 13.9 Å². The van der Waals surface area contributed by atoms with Gasteiger partial charge in [-0.3, -0.25) is 19.1 Å². The van der Waals surface area contributed by atoms with Gasteiger partial charge in [0.25, 0.3) is 11.5 Å².